The second kappa shape index (κ2) is 6.49. The number of hydrogen-bond donors (Lipinski definition) is 1. The maximum absolute atomic E-state index is 3.45. The van der Waals surface area contributed by atoms with Crippen LogP contribution in [0.2, 0.25) is 0 Å². The number of piperidine rings is 1. The molecule has 0 amide bonds. The summed E-state index contributed by atoms with van der Waals surface area (Å²) >= 11 is 0. The molecule has 0 spiro atoms. The van der Waals surface area contributed by atoms with E-state index < -0.39 is 0 Å². The van der Waals surface area contributed by atoms with Crippen LogP contribution in [0.1, 0.15) is 44.9 Å². The summed E-state index contributed by atoms with van der Waals surface area (Å²) in [5.41, 5.74) is 0. The fourth-order valence-electron chi connectivity index (χ4n) is 2.91. The lowest BCUT2D eigenvalue weighted by molar-refractivity contribution is 0.223. The summed E-state index contributed by atoms with van der Waals surface area (Å²) in [7, 11) is 0. The van der Waals surface area contributed by atoms with Crippen molar-refractivity contribution in [3.05, 3.63) is 0 Å². The molecule has 15 heavy (non-hydrogen) atoms. The second-order valence-electron chi connectivity index (χ2n) is 5.26. The first-order valence-corrected chi connectivity index (χ1v) is 6.88. The first-order chi connectivity index (χ1) is 7.45. The van der Waals surface area contributed by atoms with E-state index in [2.05, 4.69) is 10.2 Å². The fourth-order valence-corrected chi connectivity index (χ4v) is 2.91. The second-order valence-corrected chi connectivity index (χ2v) is 5.26. The van der Waals surface area contributed by atoms with Crippen LogP contribution in [0.5, 0.6) is 0 Å². The molecule has 0 saturated carbocycles. The Kier molecular flexibility index (Phi) is 4.94. The lowest BCUT2D eigenvalue weighted by Crippen LogP contribution is -2.30. The van der Waals surface area contributed by atoms with Crippen LogP contribution >= 0.6 is 0 Å². The third-order valence-corrected chi connectivity index (χ3v) is 3.95. The Morgan fingerprint density at radius 3 is 2.67 bits per heavy atom. The minimum absolute atomic E-state index is 0.992. The summed E-state index contributed by atoms with van der Waals surface area (Å²) in [6.07, 6.45) is 10.1. The van der Waals surface area contributed by atoms with Crippen molar-refractivity contribution in [2.75, 3.05) is 32.7 Å². The van der Waals surface area contributed by atoms with Crippen LogP contribution in [0.4, 0.5) is 0 Å². The van der Waals surface area contributed by atoms with E-state index in [1.807, 2.05) is 0 Å². The molecule has 0 aromatic carbocycles. The number of nitrogens with one attached hydrogen (secondary N) is 1. The topological polar surface area (TPSA) is 15.3 Å². The zero-order chi connectivity index (χ0) is 10.3. The molecule has 0 bridgehead atoms. The molecule has 2 aliphatic heterocycles. The van der Waals surface area contributed by atoms with Crippen molar-refractivity contribution in [1.82, 2.24) is 10.2 Å². The van der Waals surface area contributed by atoms with E-state index in [0.29, 0.717) is 0 Å². The van der Waals surface area contributed by atoms with Gasteiger partial charge < -0.3 is 10.2 Å². The molecule has 1 unspecified atom stereocenters. The third kappa shape index (κ3) is 4.12. The van der Waals surface area contributed by atoms with Crippen molar-refractivity contribution < 1.29 is 0 Å². The van der Waals surface area contributed by atoms with Gasteiger partial charge >= 0.3 is 0 Å². The molecule has 0 radical (unpaired) electrons. The number of hydrogen-bond acceptors (Lipinski definition) is 2. The Balaban J connectivity index is 1.47. The van der Waals surface area contributed by atoms with Gasteiger partial charge in [0.2, 0.25) is 0 Å². The zero-order valence-corrected chi connectivity index (χ0v) is 10.0. The minimum atomic E-state index is 0.992. The van der Waals surface area contributed by atoms with Crippen molar-refractivity contribution in [1.29, 1.82) is 0 Å². The predicted octanol–water partition coefficient (Wildman–Crippen LogP) is 2.25. The summed E-state index contributed by atoms with van der Waals surface area (Å²) < 4.78 is 0. The Morgan fingerprint density at radius 2 is 1.93 bits per heavy atom. The van der Waals surface area contributed by atoms with Crippen LogP contribution in [0.25, 0.3) is 0 Å². The normalized spacial score (nSPS) is 28.4. The van der Waals surface area contributed by atoms with Gasteiger partial charge in [0.05, 0.1) is 0 Å². The number of rotatable bonds is 5. The lowest BCUT2D eigenvalue weighted by Gasteiger charge is -2.26. The van der Waals surface area contributed by atoms with Crippen LogP contribution < -0.4 is 5.32 Å². The highest BCUT2D eigenvalue weighted by Crippen LogP contribution is 2.16. The molecule has 2 nitrogen and oxygen atoms in total. The van der Waals surface area contributed by atoms with Crippen LogP contribution in [-0.2, 0) is 0 Å². The van der Waals surface area contributed by atoms with Gasteiger partial charge in [-0.1, -0.05) is 12.8 Å². The van der Waals surface area contributed by atoms with Gasteiger partial charge in [0.25, 0.3) is 0 Å². The molecule has 2 heteroatoms. The van der Waals surface area contributed by atoms with E-state index in [-0.39, 0.29) is 0 Å². The SMILES string of the molecule is C1CCN(CCCCC2CCNC2)CC1. The van der Waals surface area contributed by atoms with Gasteiger partial charge in [-0.15, -0.1) is 0 Å². The molecule has 88 valence electrons. The number of unbranched alkanes of at least 4 members (excludes halogenated alkanes) is 1. The number of likely N-dealkylation sites (tertiary alicyclic amines) is 1. The first-order valence-electron chi connectivity index (χ1n) is 6.88. The van der Waals surface area contributed by atoms with Crippen molar-refractivity contribution in [3.8, 4) is 0 Å². The highest BCUT2D eigenvalue weighted by atomic mass is 15.1. The predicted molar refractivity (Wildman–Crippen MR) is 65.1 cm³/mol. The largest absolute Gasteiger partial charge is 0.316 e. The average molecular weight is 210 g/mol. The highest BCUT2D eigenvalue weighted by Gasteiger charge is 2.14. The van der Waals surface area contributed by atoms with Gasteiger partial charge in [0, 0.05) is 0 Å². The lowest BCUT2D eigenvalue weighted by atomic mass is 10.0. The summed E-state index contributed by atoms with van der Waals surface area (Å²) in [5.74, 6) is 0.992. The summed E-state index contributed by atoms with van der Waals surface area (Å²) in [4.78, 5) is 2.66. The van der Waals surface area contributed by atoms with Crippen molar-refractivity contribution in [2.45, 2.75) is 44.9 Å². The van der Waals surface area contributed by atoms with Crippen molar-refractivity contribution in [2.24, 2.45) is 5.92 Å². The molecule has 2 saturated heterocycles. The van der Waals surface area contributed by atoms with E-state index >= 15 is 0 Å². The van der Waals surface area contributed by atoms with Gasteiger partial charge in [0.1, 0.15) is 0 Å². The maximum Gasteiger partial charge on any atom is -0.00187 e. The van der Waals surface area contributed by atoms with E-state index in [0.717, 1.165) is 5.92 Å². The van der Waals surface area contributed by atoms with Gasteiger partial charge in [-0.25, -0.2) is 0 Å². The Labute approximate surface area is 94.4 Å². The van der Waals surface area contributed by atoms with Crippen LogP contribution in [-0.4, -0.2) is 37.6 Å². The highest BCUT2D eigenvalue weighted by molar-refractivity contribution is 4.71. The third-order valence-electron chi connectivity index (χ3n) is 3.95. The fraction of sp³-hybridized carbons (Fsp3) is 1.00. The van der Waals surface area contributed by atoms with E-state index in [4.69, 9.17) is 0 Å². The first kappa shape index (κ1) is 11.4. The van der Waals surface area contributed by atoms with Gasteiger partial charge in [-0.05, 0) is 70.7 Å². The average Bonchev–Trinajstić information content (AvgIpc) is 2.79. The molecule has 1 N–H and O–H groups in total. The number of nitrogens with zero attached hydrogens (tertiary/aromatic N) is 1. The summed E-state index contributed by atoms with van der Waals surface area (Å²) in [6, 6.07) is 0. The van der Waals surface area contributed by atoms with Gasteiger partial charge in [0.15, 0.2) is 0 Å². The molecule has 2 rings (SSSR count). The molecule has 0 aromatic rings. The van der Waals surface area contributed by atoms with Crippen molar-refractivity contribution >= 4 is 0 Å². The zero-order valence-electron chi connectivity index (χ0n) is 10.0. The van der Waals surface area contributed by atoms with Crippen molar-refractivity contribution in [3.63, 3.8) is 0 Å². The quantitative estimate of drug-likeness (QED) is 0.700. The molecule has 1 atom stereocenters. The van der Waals surface area contributed by atoms with E-state index in [9.17, 15) is 0 Å². The van der Waals surface area contributed by atoms with Crippen LogP contribution in [0.15, 0.2) is 0 Å². The van der Waals surface area contributed by atoms with E-state index in [1.54, 1.807) is 0 Å². The Bertz CT molecular complexity index is 158. The molecule has 0 aromatic heterocycles. The summed E-state index contributed by atoms with van der Waals surface area (Å²) in [6.45, 7) is 6.64. The smallest absolute Gasteiger partial charge is 0.00187 e. The molecule has 2 aliphatic rings. The molecule has 2 fully saturated rings. The van der Waals surface area contributed by atoms with Crippen LogP contribution in [0, 0.1) is 5.92 Å². The van der Waals surface area contributed by atoms with Crippen LogP contribution in [0.3, 0.4) is 0 Å². The minimum Gasteiger partial charge on any atom is -0.316 e. The molecule has 2 heterocycles. The molecule has 0 aliphatic carbocycles. The maximum atomic E-state index is 3.45. The van der Waals surface area contributed by atoms with Gasteiger partial charge in [-0.3, -0.25) is 0 Å². The summed E-state index contributed by atoms with van der Waals surface area (Å²) in [5, 5.41) is 3.45. The Morgan fingerprint density at radius 1 is 1.07 bits per heavy atom. The Hall–Kier alpha value is -0.0800. The molecular formula is C13H26N2. The molecular weight excluding hydrogens is 184 g/mol. The standard InChI is InChI=1S/C13H26N2/c1-3-9-15(10-4-1)11-5-2-6-13-7-8-14-12-13/h13-14H,1-12H2. The van der Waals surface area contributed by atoms with E-state index in [1.165, 1.54) is 77.7 Å². The monoisotopic (exact) mass is 210 g/mol. The van der Waals surface area contributed by atoms with Gasteiger partial charge in [-0.2, -0.15) is 0 Å².